The van der Waals surface area contributed by atoms with Gasteiger partial charge in [0.05, 0.1) is 23.7 Å². The number of hydrogen-bond donors (Lipinski definition) is 1. The molecule has 1 amide bonds. The van der Waals surface area contributed by atoms with E-state index in [-0.39, 0.29) is 12.5 Å². The van der Waals surface area contributed by atoms with Crippen molar-refractivity contribution < 1.29 is 14.3 Å². The minimum atomic E-state index is -0.359. The number of nitrogens with zero attached hydrogens (tertiary/aromatic N) is 2. The van der Waals surface area contributed by atoms with Crippen molar-refractivity contribution in [3.63, 3.8) is 0 Å². The van der Waals surface area contributed by atoms with Crippen LogP contribution in [0.15, 0.2) is 47.2 Å². The molecule has 25 heavy (non-hydrogen) atoms. The fraction of sp³-hybridized carbons (Fsp3) is 0.118. The number of hydrogen-bond acceptors (Lipinski definition) is 5. The van der Waals surface area contributed by atoms with Crippen molar-refractivity contribution >= 4 is 50.0 Å². The Labute approximate surface area is 157 Å². The number of carbonyl (C=O) groups is 1. The molecular weight excluding hydrogens is 410 g/mol. The normalized spacial score (nSPS) is 10.5. The molecule has 0 saturated carbocycles. The zero-order valence-electron chi connectivity index (χ0n) is 13.1. The van der Waals surface area contributed by atoms with E-state index in [0.29, 0.717) is 27.7 Å². The Balaban J connectivity index is 1.73. The second-order valence-corrected chi connectivity index (χ2v) is 6.37. The van der Waals surface area contributed by atoms with Gasteiger partial charge in [-0.1, -0.05) is 27.5 Å². The van der Waals surface area contributed by atoms with Gasteiger partial charge in [-0.15, -0.1) is 0 Å². The standard InChI is InChI=1S/C17H13BrClN3O3/c1-24-15-5-3-11(19)7-14(15)22-16(23)8-25-17-12-6-10(18)2-4-13(12)20-9-21-17/h2-7,9H,8H2,1H3,(H,22,23). The molecule has 8 heteroatoms. The Morgan fingerprint density at radius 1 is 1.24 bits per heavy atom. The smallest absolute Gasteiger partial charge is 0.262 e. The van der Waals surface area contributed by atoms with Gasteiger partial charge in [-0.25, -0.2) is 9.97 Å². The third kappa shape index (κ3) is 4.18. The van der Waals surface area contributed by atoms with E-state index in [4.69, 9.17) is 21.1 Å². The van der Waals surface area contributed by atoms with Crippen molar-refractivity contribution in [2.45, 2.75) is 0 Å². The summed E-state index contributed by atoms with van der Waals surface area (Å²) in [6.07, 6.45) is 1.39. The van der Waals surface area contributed by atoms with Crippen LogP contribution in [-0.4, -0.2) is 29.6 Å². The maximum Gasteiger partial charge on any atom is 0.262 e. The van der Waals surface area contributed by atoms with Gasteiger partial charge < -0.3 is 14.8 Å². The quantitative estimate of drug-likeness (QED) is 0.671. The maximum atomic E-state index is 12.2. The van der Waals surface area contributed by atoms with Crippen LogP contribution < -0.4 is 14.8 Å². The number of carbonyl (C=O) groups excluding carboxylic acids is 1. The molecule has 128 valence electrons. The van der Waals surface area contributed by atoms with E-state index in [1.807, 2.05) is 18.2 Å². The van der Waals surface area contributed by atoms with Crippen LogP contribution in [0, 0.1) is 0 Å². The zero-order chi connectivity index (χ0) is 17.8. The van der Waals surface area contributed by atoms with E-state index in [1.54, 1.807) is 18.2 Å². The van der Waals surface area contributed by atoms with Gasteiger partial charge in [-0.2, -0.15) is 0 Å². The molecule has 0 fully saturated rings. The van der Waals surface area contributed by atoms with E-state index in [2.05, 4.69) is 31.2 Å². The number of amides is 1. The van der Waals surface area contributed by atoms with Crippen LogP contribution in [0.1, 0.15) is 0 Å². The predicted octanol–water partition coefficient (Wildman–Crippen LogP) is 4.07. The first-order chi connectivity index (χ1) is 12.1. The lowest BCUT2D eigenvalue weighted by Crippen LogP contribution is -2.21. The first-order valence-corrected chi connectivity index (χ1v) is 8.40. The lowest BCUT2D eigenvalue weighted by Gasteiger charge is -2.11. The summed E-state index contributed by atoms with van der Waals surface area (Å²) in [6, 6.07) is 10.5. The molecule has 1 heterocycles. The van der Waals surface area contributed by atoms with Gasteiger partial charge in [0.2, 0.25) is 5.88 Å². The Bertz CT molecular complexity index is 936. The van der Waals surface area contributed by atoms with Crippen LogP contribution >= 0.6 is 27.5 Å². The van der Waals surface area contributed by atoms with Gasteiger partial charge in [0.1, 0.15) is 12.1 Å². The molecule has 1 aromatic heterocycles. The van der Waals surface area contributed by atoms with Crippen molar-refractivity contribution in [2.75, 3.05) is 19.0 Å². The van der Waals surface area contributed by atoms with E-state index < -0.39 is 0 Å². The Kier molecular flexibility index (Phi) is 5.35. The van der Waals surface area contributed by atoms with Crippen molar-refractivity contribution in [3.05, 3.63) is 52.2 Å². The second kappa shape index (κ2) is 7.67. The van der Waals surface area contributed by atoms with Gasteiger partial charge in [0.25, 0.3) is 5.91 Å². The summed E-state index contributed by atoms with van der Waals surface area (Å²) in [5.74, 6) is 0.482. The first kappa shape index (κ1) is 17.4. The highest BCUT2D eigenvalue weighted by Gasteiger charge is 2.11. The molecule has 0 aliphatic heterocycles. The minimum Gasteiger partial charge on any atom is -0.495 e. The average molecular weight is 423 g/mol. The topological polar surface area (TPSA) is 73.3 Å². The van der Waals surface area contributed by atoms with Crippen molar-refractivity contribution in [3.8, 4) is 11.6 Å². The van der Waals surface area contributed by atoms with Crippen molar-refractivity contribution in [1.29, 1.82) is 0 Å². The molecule has 0 radical (unpaired) electrons. The molecule has 0 aliphatic rings. The number of halogens is 2. The third-order valence-corrected chi connectivity index (χ3v) is 4.06. The van der Waals surface area contributed by atoms with Crippen molar-refractivity contribution in [2.24, 2.45) is 0 Å². The number of nitrogens with one attached hydrogen (secondary N) is 1. The summed E-state index contributed by atoms with van der Waals surface area (Å²) in [5.41, 5.74) is 1.20. The summed E-state index contributed by atoms with van der Waals surface area (Å²) in [5, 5.41) is 3.91. The monoisotopic (exact) mass is 421 g/mol. The fourth-order valence-electron chi connectivity index (χ4n) is 2.22. The summed E-state index contributed by atoms with van der Waals surface area (Å²) in [4.78, 5) is 20.4. The molecule has 0 saturated heterocycles. The largest absolute Gasteiger partial charge is 0.495 e. The first-order valence-electron chi connectivity index (χ1n) is 7.23. The van der Waals surface area contributed by atoms with E-state index in [0.717, 1.165) is 9.99 Å². The molecule has 1 N–H and O–H groups in total. The molecule has 6 nitrogen and oxygen atoms in total. The number of methoxy groups -OCH3 is 1. The molecule has 3 rings (SSSR count). The summed E-state index contributed by atoms with van der Waals surface area (Å²) >= 11 is 9.35. The van der Waals surface area contributed by atoms with Gasteiger partial charge in [-0.3, -0.25) is 4.79 Å². The lowest BCUT2D eigenvalue weighted by atomic mass is 10.2. The van der Waals surface area contributed by atoms with Gasteiger partial charge in [-0.05, 0) is 36.4 Å². The number of fused-ring (bicyclic) bond motifs is 1. The van der Waals surface area contributed by atoms with Gasteiger partial charge in [0.15, 0.2) is 6.61 Å². The summed E-state index contributed by atoms with van der Waals surface area (Å²) in [6.45, 7) is -0.214. The maximum absolute atomic E-state index is 12.2. The molecule has 3 aromatic rings. The van der Waals surface area contributed by atoms with Crippen molar-refractivity contribution in [1.82, 2.24) is 9.97 Å². The highest BCUT2D eigenvalue weighted by atomic mass is 79.9. The van der Waals surface area contributed by atoms with Crippen LogP contribution in [-0.2, 0) is 4.79 Å². The number of aromatic nitrogens is 2. The number of ether oxygens (including phenoxy) is 2. The SMILES string of the molecule is COc1ccc(Cl)cc1NC(=O)COc1ncnc2ccc(Br)cc12. The summed E-state index contributed by atoms with van der Waals surface area (Å²) < 4.78 is 11.6. The van der Waals surface area contributed by atoms with E-state index in [1.165, 1.54) is 13.4 Å². The Morgan fingerprint density at radius 3 is 2.88 bits per heavy atom. The highest BCUT2D eigenvalue weighted by Crippen LogP contribution is 2.28. The van der Waals surface area contributed by atoms with Crippen LogP contribution in [0.3, 0.4) is 0 Å². The molecular formula is C17H13BrClN3O3. The fourth-order valence-corrected chi connectivity index (χ4v) is 2.75. The molecule has 0 atom stereocenters. The zero-order valence-corrected chi connectivity index (χ0v) is 15.5. The van der Waals surface area contributed by atoms with E-state index >= 15 is 0 Å². The number of rotatable bonds is 5. The minimum absolute atomic E-state index is 0.214. The van der Waals surface area contributed by atoms with Gasteiger partial charge >= 0.3 is 0 Å². The molecule has 2 aromatic carbocycles. The van der Waals surface area contributed by atoms with Crippen LogP contribution in [0.5, 0.6) is 11.6 Å². The molecule has 0 spiro atoms. The number of benzene rings is 2. The highest BCUT2D eigenvalue weighted by molar-refractivity contribution is 9.10. The average Bonchev–Trinajstić information content (AvgIpc) is 2.60. The Morgan fingerprint density at radius 2 is 2.08 bits per heavy atom. The van der Waals surface area contributed by atoms with Crippen LogP contribution in [0.4, 0.5) is 5.69 Å². The molecule has 0 bridgehead atoms. The number of anilines is 1. The Hall–Kier alpha value is -2.38. The second-order valence-electron chi connectivity index (χ2n) is 5.02. The molecule has 0 aliphatic carbocycles. The van der Waals surface area contributed by atoms with Gasteiger partial charge in [0, 0.05) is 9.50 Å². The third-order valence-electron chi connectivity index (χ3n) is 3.34. The lowest BCUT2D eigenvalue weighted by molar-refractivity contribution is -0.118. The van der Waals surface area contributed by atoms with Crippen LogP contribution in [0.25, 0.3) is 10.9 Å². The van der Waals surface area contributed by atoms with E-state index in [9.17, 15) is 4.79 Å². The summed E-state index contributed by atoms with van der Waals surface area (Å²) in [7, 11) is 1.51. The predicted molar refractivity (Wildman–Crippen MR) is 99.4 cm³/mol. The van der Waals surface area contributed by atoms with Crippen LogP contribution in [0.2, 0.25) is 5.02 Å². The molecule has 0 unspecified atom stereocenters.